The van der Waals surface area contributed by atoms with Gasteiger partial charge >= 0.3 is 0 Å². The van der Waals surface area contributed by atoms with E-state index in [0.717, 1.165) is 67.3 Å². The highest BCUT2D eigenvalue weighted by atomic mass is 16.2. The Morgan fingerprint density at radius 3 is 2.37 bits per heavy atom. The zero-order chi connectivity index (χ0) is 29.4. The summed E-state index contributed by atoms with van der Waals surface area (Å²) in [7, 11) is 1.86. The molecule has 0 aliphatic carbocycles. The molecule has 0 atom stereocenters. The minimum atomic E-state index is 0.0109. The molecular weight excluding hydrogens is 514 g/mol. The summed E-state index contributed by atoms with van der Waals surface area (Å²) in [4.78, 5) is 47.8. The van der Waals surface area contributed by atoms with E-state index in [9.17, 15) is 14.4 Å². The van der Waals surface area contributed by atoms with Crippen LogP contribution in [0.4, 0.5) is 5.69 Å². The molecule has 8 nitrogen and oxygen atoms in total. The number of aliphatic imine (C=N–C) groups is 1. The standard InChI is InChI=1S/C33H41N5O3/c1-4-13-38(14-5-2)33(41)29-19-27-10-8-25(20-30(27)35-31(34)21-29)24-9-11-28(23-39)26(18-24)12-17-36(3)22-32(40)37-15-6-7-16-37/h8-12,17-20,23H,4-7,13-16,21-22H2,1-3H3,(H2,34,35)/b17-12-. The minimum absolute atomic E-state index is 0.0109. The molecule has 2 aromatic carbocycles. The Kier molecular flexibility index (Phi) is 10.1. The van der Waals surface area contributed by atoms with Crippen molar-refractivity contribution in [1.29, 1.82) is 0 Å². The first-order chi connectivity index (χ1) is 19.8. The van der Waals surface area contributed by atoms with Gasteiger partial charge in [0.05, 0.1) is 12.2 Å². The third kappa shape index (κ3) is 7.51. The second kappa shape index (κ2) is 13.9. The van der Waals surface area contributed by atoms with Gasteiger partial charge in [-0.3, -0.25) is 14.4 Å². The molecule has 2 N–H and O–H groups in total. The average molecular weight is 556 g/mol. The normalized spacial score (nSPS) is 14.8. The van der Waals surface area contributed by atoms with Crippen LogP contribution in [0.2, 0.25) is 0 Å². The number of likely N-dealkylation sites (tertiary alicyclic amines) is 1. The smallest absolute Gasteiger partial charge is 0.250 e. The first kappa shape index (κ1) is 29.8. The number of nitrogens with two attached hydrogens (primary N) is 1. The lowest BCUT2D eigenvalue weighted by molar-refractivity contribution is -0.130. The van der Waals surface area contributed by atoms with E-state index in [0.29, 0.717) is 48.7 Å². The van der Waals surface area contributed by atoms with Crippen LogP contribution >= 0.6 is 0 Å². The number of amidine groups is 1. The molecule has 4 rings (SSSR count). The summed E-state index contributed by atoms with van der Waals surface area (Å²) in [5.41, 5.74) is 11.6. The number of benzene rings is 2. The molecule has 2 aromatic rings. The van der Waals surface area contributed by atoms with E-state index in [1.54, 1.807) is 6.07 Å². The van der Waals surface area contributed by atoms with E-state index in [4.69, 9.17) is 5.73 Å². The second-order valence-electron chi connectivity index (χ2n) is 10.8. The molecule has 2 aliphatic heterocycles. The molecule has 41 heavy (non-hydrogen) atoms. The maximum absolute atomic E-state index is 13.3. The molecular formula is C33H41N5O3. The zero-order valence-corrected chi connectivity index (χ0v) is 24.4. The largest absolute Gasteiger partial charge is 0.387 e. The van der Waals surface area contributed by atoms with Crippen molar-refractivity contribution in [3.05, 3.63) is 64.9 Å². The van der Waals surface area contributed by atoms with Crippen molar-refractivity contribution in [2.24, 2.45) is 10.7 Å². The highest BCUT2D eigenvalue weighted by Crippen LogP contribution is 2.33. The van der Waals surface area contributed by atoms with Gasteiger partial charge in [0, 0.05) is 56.3 Å². The zero-order valence-electron chi connectivity index (χ0n) is 24.4. The molecule has 2 aliphatic rings. The fraction of sp³-hybridized carbons (Fsp3) is 0.394. The van der Waals surface area contributed by atoms with Crippen molar-refractivity contribution < 1.29 is 14.4 Å². The predicted octanol–water partition coefficient (Wildman–Crippen LogP) is 5.12. The average Bonchev–Trinajstić information content (AvgIpc) is 3.45. The number of aldehydes is 1. The second-order valence-corrected chi connectivity index (χ2v) is 10.8. The van der Waals surface area contributed by atoms with Gasteiger partial charge in [-0.2, -0.15) is 0 Å². The fourth-order valence-corrected chi connectivity index (χ4v) is 5.31. The Bertz CT molecular complexity index is 1360. The van der Waals surface area contributed by atoms with Crippen LogP contribution in [-0.4, -0.2) is 78.4 Å². The number of carbonyl (C=O) groups is 3. The molecule has 8 heteroatoms. The Morgan fingerprint density at radius 1 is 1.00 bits per heavy atom. The Morgan fingerprint density at radius 2 is 1.68 bits per heavy atom. The van der Waals surface area contributed by atoms with Gasteiger partial charge in [-0.05, 0) is 72.9 Å². The van der Waals surface area contributed by atoms with Crippen LogP contribution in [0.3, 0.4) is 0 Å². The lowest BCUT2D eigenvalue weighted by Crippen LogP contribution is -2.35. The fourth-order valence-electron chi connectivity index (χ4n) is 5.31. The van der Waals surface area contributed by atoms with Crippen LogP contribution in [-0.2, 0) is 9.59 Å². The summed E-state index contributed by atoms with van der Waals surface area (Å²) < 4.78 is 0. The molecule has 0 spiro atoms. The molecule has 1 fully saturated rings. The number of fused-ring (bicyclic) bond motifs is 1. The van der Waals surface area contributed by atoms with Gasteiger partial charge in [0.25, 0.3) is 0 Å². The number of amides is 2. The number of hydrogen-bond acceptors (Lipinski definition) is 6. The number of hydrogen-bond donors (Lipinski definition) is 1. The van der Waals surface area contributed by atoms with E-state index >= 15 is 0 Å². The Balaban J connectivity index is 1.58. The summed E-state index contributed by atoms with van der Waals surface area (Å²) in [5.74, 6) is 0.530. The van der Waals surface area contributed by atoms with E-state index in [2.05, 4.69) is 18.8 Å². The van der Waals surface area contributed by atoms with Crippen LogP contribution in [0.5, 0.6) is 0 Å². The maximum atomic E-state index is 13.3. The maximum Gasteiger partial charge on any atom is 0.250 e. The number of rotatable bonds is 11. The van der Waals surface area contributed by atoms with Crippen molar-refractivity contribution in [2.75, 3.05) is 39.8 Å². The molecule has 1 saturated heterocycles. The summed E-state index contributed by atoms with van der Waals surface area (Å²) in [6, 6.07) is 11.6. The van der Waals surface area contributed by atoms with Crippen molar-refractivity contribution in [3.63, 3.8) is 0 Å². The first-order valence-electron chi connectivity index (χ1n) is 14.6. The molecule has 0 saturated carbocycles. The summed E-state index contributed by atoms with van der Waals surface area (Å²) in [6.07, 6.45) is 10.7. The number of carbonyl (C=O) groups excluding carboxylic acids is 3. The van der Waals surface area contributed by atoms with Gasteiger partial charge in [-0.25, -0.2) is 4.99 Å². The Hall–Kier alpha value is -4.20. The van der Waals surface area contributed by atoms with Crippen molar-refractivity contribution in [2.45, 2.75) is 46.0 Å². The Labute approximate surface area is 243 Å². The monoisotopic (exact) mass is 555 g/mol. The van der Waals surface area contributed by atoms with Crippen molar-refractivity contribution >= 4 is 41.8 Å². The molecule has 2 amide bonds. The molecule has 0 bridgehead atoms. The molecule has 216 valence electrons. The molecule has 2 heterocycles. The number of likely N-dealkylation sites (N-methyl/N-ethyl adjacent to an activating group) is 1. The van der Waals surface area contributed by atoms with Crippen LogP contribution in [0.25, 0.3) is 23.3 Å². The van der Waals surface area contributed by atoms with Crippen molar-refractivity contribution in [3.8, 4) is 11.1 Å². The summed E-state index contributed by atoms with van der Waals surface area (Å²) in [6.45, 7) is 7.52. The SMILES string of the molecule is CCCN(CCC)C(=O)C1=Cc2ccc(-c3ccc(C=O)c(/C=C\N(C)CC(=O)N4CCCC4)c3)cc2N=C(N)C1. The van der Waals surface area contributed by atoms with E-state index in [1.165, 1.54) is 0 Å². The molecule has 0 radical (unpaired) electrons. The van der Waals surface area contributed by atoms with Crippen LogP contribution in [0, 0.1) is 0 Å². The van der Waals surface area contributed by atoms with Crippen LogP contribution in [0.1, 0.15) is 67.4 Å². The van der Waals surface area contributed by atoms with Crippen LogP contribution in [0.15, 0.2) is 53.2 Å². The quantitative estimate of drug-likeness (QED) is 0.388. The third-order valence-electron chi connectivity index (χ3n) is 7.44. The van der Waals surface area contributed by atoms with Gasteiger partial charge in [-0.15, -0.1) is 0 Å². The van der Waals surface area contributed by atoms with Crippen molar-refractivity contribution in [1.82, 2.24) is 14.7 Å². The predicted molar refractivity (Wildman–Crippen MR) is 166 cm³/mol. The third-order valence-corrected chi connectivity index (χ3v) is 7.44. The highest BCUT2D eigenvalue weighted by Gasteiger charge is 2.21. The van der Waals surface area contributed by atoms with Gasteiger partial charge in [-0.1, -0.05) is 38.1 Å². The molecule has 0 aromatic heterocycles. The topological polar surface area (TPSA) is 99.3 Å². The van der Waals surface area contributed by atoms with Gasteiger partial charge in [0.1, 0.15) is 5.84 Å². The molecule has 0 unspecified atom stereocenters. The van der Waals surface area contributed by atoms with Gasteiger partial charge in [0.15, 0.2) is 6.29 Å². The number of nitrogens with zero attached hydrogens (tertiary/aromatic N) is 4. The summed E-state index contributed by atoms with van der Waals surface area (Å²) >= 11 is 0. The van der Waals surface area contributed by atoms with E-state index in [-0.39, 0.29) is 11.8 Å². The lowest BCUT2D eigenvalue weighted by Gasteiger charge is -2.22. The van der Waals surface area contributed by atoms with E-state index < -0.39 is 0 Å². The van der Waals surface area contributed by atoms with Gasteiger partial charge < -0.3 is 20.4 Å². The van der Waals surface area contributed by atoms with Crippen LogP contribution < -0.4 is 5.73 Å². The first-order valence-corrected chi connectivity index (χ1v) is 14.6. The lowest BCUT2D eigenvalue weighted by atomic mass is 9.97. The van der Waals surface area contributed by atoms with Gasteiger partial charge in [0.2, 0.25) is 11.8 Å². The minimum Gasteiger partial charge on any atom is -0.387 e. The van der Waals surface area contributed by atoms with E-state index in [1.807, 2.05) is 70.4 Å². The highest BCUT2D eigenvalue weighted by molar-refractivity contribution is 6.05. The summed E-state index contributed by atoms with van der Waals surface area (Å²) in [5, 5.41) is 0.